The number of hydrogen-bond acceptors (Lipinski definition) is 2. The van der Waals surface area contributed by atoms with Gasteiger partial charge in [0.2, 0.25) is 0 Å². The van der Waals surface area contributed by atoms with Crippen LogP contribution in [0.1, 0.15) is 41.6 Å². The van der Waals surface area contributed by atoms with Gasteiger partial charge in [0.25, 0.3) is 5.91 Å². The Balaban J connectivity index is 2.09. The molecule has 2 rings (SSSR count). The highest BCUT2D eigenvalue weighted by atomic mass is 16.2. The standard InChI is InChI=1S/C15H22N2O/c1-17(14-7-2-3-8-14)15(18)13-6-4-5-12(11-13)9-10-16/h4-6,11,14H,2-3,7-10,16H2,1H3. The van der Waals surface area contributed by atoms with Crippen molar-refractivity contribution < 1.29 is 4.79 Å². The van der Waals surface area contributed by atoms with Gasteiger partial charge in [-0.05, 0) is 43.5 Å². The van der Waals surface area contributed by atoms with Crippen LogP contribution in [0.5, 0.6) is 0 Å². The summed E-state index contributed by atoms with van der Waals surface area (Å²) < 4.78 is 0. The minimum absolute atomic E-state index is 0.140. The number of amides is 1. The molecule has 1 amide bonds. The SMILES string of the molecule is CN(C(=O)c1cccc(CCN)c1)C1CCCC1. The normalized spacial score (nSPS) is 15.9. The number of nitrogens with zero attached hydrogens (tertiary/aromatic N) is 1. The van der Waals surface area contributed by atoms with Crippen LogP contribution in [0, 0.1) is 0 Å². The van der Waals surface area contributed by atoms with Crippen LogP contribution in [0.2, 0.25) is 0 Å². The van der Waals surface area contributed by atoms with Gasteiger partial charge in [0.15, 0.2) is 0 Å². The van der Waals surface area contributed by atoms with Gasteiger partial charge >= 0.3 is 0 Å². The molecule has 98 valence electrons. The van der Waals surface area contributed by atoms with Crippen molar-refractivity contribution in [2.45, 2.75) is 38.1 Å². The van der Waals surface area contributed by atoms with Crippen molar-refractivity contribution in [2.75, 3.05) is 13.6 Å². The minimum Gasteiger partial charge on any atom is -0.339 e. The molecular formula is C15H22N2O. The predicted octanol–water partition coefficient (Wildman–Crippen LogP) is 2.20. The molecule has 1 fully saturated rings. The lowest BCUT2D eigenvalue weighted by Gasteiger charge is -2.24. The van der Waals surface area contributed by atoms with Crippen LogP contribution in [0.25, 0.3) is 0 Å². The van der Waals surface area contributed by atoms with Crippen molar-refractivity contribution in [3.8, 4) is 0 Å². The second-order valence-electron chi connectivity index (χ2n) is 5.09. The minimum atomic E-state index is 0.140. The number of benzene rings is 1. The maximum Gasteiger partial charge on any atom is 0.253 e. The molecule has 1 aliphatic rings. The smallest absolute Gasteiger partial charge is 0.253 e. The van der Waals surface area contributed by atoms with Crippen LogP contribution in [0.15, 0.2) is 24.3 Å². The van der Waals surface area contributed by atoms with Crippen molar-refractivity contribution >= 4 is 5.91 Å². The summed E-state index contributed by atoms with van der Waals surface area (Å²) in [6.45, 7) is 0.621. The van der Waals surface area contributed by atoms with Crippen LogP contribution < -0.4 is 5.73 Å². The molecule has 1 aromatic carbocycles. The van der Waals surface area contributed by atoms with E-state index in [-0.39, 0.29) is 5.91 Å². The van der Waals surface area contributed by atoms with Crippen molar-refractivity contribution in [1.29, 1.82) is 0 Å². The van der Waals surface area contributed by atoms with Crippen molar-refractivity contribution in [2.24, 2.45) is 5.73 Å². The summed E-state index contributed by atoms with van der Waals surface area (Å²) in [4.78, 5) is 14.3. The highest BCUT2D eigenvalue weighted by Crippen LogP contribution is 2.23. The Labute approximate surface area is 109 Å². The van der Waals surface area contributed by atoms with Crippen LogP contribution in [-0.2, 0) is 6.42 Å². The van der Waals surface area contributed by atoms with Gasteiger partial charge in [0.05, 0.1) is 0 Å². The highest BCUT2D eigenvalue weighted by Gasteiger charge is 2.24. The fourth-order valence-electron chi connectivity index (χ4n) is 2.69. The molecule has 1 saturated carbocycles. The van der Waals surface area contributed by atoms with E-state index in [0.29, 0.717) is 12.6 Å². The first kappa shape index (κ1) is 13.1. The summed E-state index contributed by atoms with van der Waals surface area (Å²) in [7, 11) is 1.92. The zero-order valence-corrected chi connectivity index (χ0v) is 11.1. The predicted molar refractivity (Wildman–Crippen MR) is 73.5 cm³/mol. The van der Waals surface area contributed by atoms with Crippen LogP contribution in [-0.4, -0.2) is 30.4 Å². The molecule has 3 heteroatoms. The Hall–Kier alpha value is -1.35. The monoisotopic (exact) mass is 246 g/mol. The zero-order chi connectivity index (χ0) is 13.0. The average Bonchev–Trinajstić information content (AvgIpc) is 2.91. The van der Waals surface area contributed by atoms with E-state index >= 15 is 0 Å². The fourth-order valence-corrected chi connectivity index (χ4v) is 2.69. The first-order chi connectivity index (χ1) is 8.72. The molecule has 0 aliphatic heterocycles. The van der Waals surface area contributed by atoms with Gasteiger partial charge in [-0.25, -0.2) is 0 Å². The van der Waals surface area contributed by atoms with Gasteiger partial charge in [0.1, 0.15) is 0 Å². The maximum absolute atomic E-state index is 12.4. The van der Waals surface area contributed by atoms with Crippen molar-refractivity contribution in [3.05, 3.63) is 35.4 Å². The molecule has 0 spiro atoms. The van der Waals surface area contributed by atoms with Gasteiger partial charge in [-0.1, -0.05) is 25.0 Å². The topological polar surface area (TPSA) is 46.3 Å². The summed E-state index contributed by atoms with van der Waals surface area (Å²) in [5, 5.41) is 0. The van der Waals surface area contributed by atoms with Crippen molar-refractivity contribution in [1.82, 2.24) is 4.90 Å². The second kappa shape index (κ2) is 6.01. The Kier molecular flexibility index (Phi) is 4.37. The molecular weight excluding hydrogens is 224 g/mol. The van der Waals surface area contributed by atoms with Gasteiger partial charge in [0, 0.05) is 18.7 Å². The quantitative estimate of drug-likeness (QED) is 0.885. The van der Waals surface area contributed by atoms with E-state index in [2.05, 4.69) is 0 Å². The maximum atomic E-state index is 12.4. The Morgan fingerprint density at radius 2 is 2.11 bits per heavy atom. The Bertz CT molecular complexity index is 411. The molecule has 0 aromatic heterocycles. The number of rotatable bonds is 4. The number of nitrogens with two attached hydrogens (primary N) is 1. The summed E-state index contributed by atoms with van der Waals surface area (Å²) in [5.41, 5.74) is 7.48. The zero-order valence-electron chi connectivity index (χ0n) is 11.1. The lowest BCUT2D eigenvalue weighted by Crippen LogP contribution is -2.35. The molecule has 0 radical (unpaired) electrons. The van der Waals surface area contributed by atoms with Crippen LogP contribution >= 0.6 is 0 Å². The van der Waals surface area contributed by atoms with Gasteiger partial charge in [-0.2, -0.15) is 0 Å². The molecule has 1 aliphatic carbocycles. The van der Waals surface area contributed by atoms with E-state index in [4.69, 9.17) is 5.73 Å². The molecule has 2 N–H and O–H groups in total. The van der Waals surface area contributed by atoms with E-state index in [9.17, 15) is 4.79 Å². The van der Waals surface area contributed by atoms with E-state index in [0.717, 1.165) is 30.4 Å². The number of carbonyl (C=O) groups is 1. The second-order valence-corrected chi connectivity index (χ2v) is 5.09. The largest absolute Gasteiger partial charge is 0.339 e. The molecule has 3 nitrogen and oxygen atoms in total. The van der Waals surface area contributed by atoms with Crippen LogP contribution in [0.3, 0.4) is 0 Å². The molecule has 0 unspecified atom stereocenters. The Morgan fingerprint density at radius 1 is 1.39 bits per heavy atom. The summed E-state index contributed by atoms with van der Waals surface area (Å²) in [6, 6.07) is 8.27. The molecule has 18 heavy (non-hydrogen) atoms. The average molecular weight is 246 g/mol. The van der Waals surface area contributed by atoms with E-state index in [1.807, 2.05) is 36.2 Å². The van der Waals surface area contributed by atoms with E-state index < -0.39 is 0 Å². The fraction of sp³-hybridized carbons (Fsp3) is 0.533. The molecule has 0 atom stereocenters. The molecule has 0 heterocycles. The van der Waals surface area contributed by atoms with Gasteiger partial charge < -0.3 is 10.6 Å². The van der Waals surface area contributed by atoms with Crippen LogP contribution in [0.4, 0.5) is 0 Å². The summed E-state index contributed by atoms with van der Waals surface area (Å²) >= 11 is 0. The van der Waals surface area contributed by atoms with Crippen molar-refractivity contribution in [3.63, 3.8) is 0 Å². The van der Waals surface area contributed by atoms with E-state index in [1.54, 1.807) is 0 Å². The lowest BCUT2D eigenvalue weighted by atomic mass is 10.1. The first-order valence-corrected chi connectivity index (χ1v) is 6.78. The molecule has 0 bridgehead atoms. The highest BCUT2D eigenvalue weighted by molar-refractivity contribution is 5.94. The third kappa shape index (κ3) is 2.91. The molecule has 1 aromatic rings. The summed E-state index contributed by atoms with van der Waals surface area (Å²) in [5.74, 6) is 0.140. The first-order valence-electron chi connectivity index (χ1n) is 6.78. The van der Waals surface area contributed by atoms with E-state index in [1.165, 1.54) is 12.8 Å². The Morgan fingerprint density at radius 3 is 2.78 bits per heavy atom. The summed E-state index contributed by atoms with van der Waals surface area (Å²) in [6.07, 6.45) is 5.61. The number of carbonyl (C=O) groups excluding carboxylic acids is 1. The van der Waals surface area contributed by atoms with Gasteiger partial charge in [-0.3, -0.25) is 4.79 Å². The molecule has 0 saturated heterocycles. The third-order valence-corrected chi connectivity index (χ3v) is 3.80. The van der Waals surface area contributed by atoms with Gasteiger partial charge in [-0.15, -0.1) is 0 Å². The third-order valence-electron chi connectivity index (χ3n) is 3.80. The lowest BCUT2D eigenvalue weighted by molar-refractivity contribution is 0.0735. The number of hydrogen-bond donors (Lipinski definition) is 1.